The van der Waals surface area contributed by atoms with Crippen molar-refractivity contribution in [2.45, 2.75) is 4.90 Å². The Balaban J connectivity index is 2.66. The van der Waals surface area contributed by atoms with Gasteiger partial charge in [-0.1, -0.05) is 0 Å². The molecule has 0 radical (unpaired) electrons. The third-order valence-corrected chi connectivity index (χ3v) is 3.74. The molecule has 0 heterocycles. The van der Waals surface area contributed by atoms with Gasteiger partial charge < -0.3 is 10.2 Å². The Bertz CT molecular complexity index is 460. The van der Waals surface area contributed by atoms with Crippen LogP contribution >= 0.6 is 0 Å². The van der Waals surface area contributed by atoms with E-state index in [0.717, 1.165) is 6.54 Å². The van der Waals surface area contributed by atoms with Gasteiger partial charge in [-0.3, -0.25) is 0 Å². The van der Waals surface area contributed by atoms with Crippen LogP contribution in [0, 0.1) is 0 Å². The molecule has 5 nitrogen and oxygen atoms in total. The molecule has 96 valence electrons. The van der Waals surface area contributed by atoms with Crippen LogP contribution in [0.1, 0.15) is 0 Å². The van der Waals surface area contributed by atoms with E-state index in [-0.39, 0.29) is 4.90 Å². The van der Waals surface area contributed by atoms with E-state index in [1.54, 1.807) is 12.1 Å². The molecular weight excluding hydrogens is 238 g/mol. The van der Waals surface area contributed by atoms with Gasteiger partial charge in [-0.25, -0.2) is 13.1 Å². The fraction of sp³-hybridized carbons (Fsp3) is 0.455. The molecule has 0 saturated heterocycles. The molecule has 0 fully saturated rings. The predicted octanol–water partition coefficient (Wildman–Crippen LogP) is 0.253. The Morgan fingerprint density at radius 3 is 2.18 bits per heavy atom. The predicted molar refractivity (Wildman–Crippen MR) is 68.9 cm³/mol. The highest BCUT2D eigenvalue weighted by atomic mass is 32.2. The summed E-state index contributed by atoms with van der Waals surface area (Å²) in [5, 5.41) is 0. The second-order valence-corrected chi connectivity index (χ2v) is 6.75. The summed E-state index contributed by atoms with van der Waals surface area (Å²) in [5.74, 6) is 0. The molecule has 1 aromatic carbocycles. The number of sulfonamides is 1. The van der Waals surface area contributed by atoms with Gasteiger partial charge in [-0.15, -0.1) is 0 Å². The maximum absolute atomic E-state index is 11.9. The van der Waals surface area contributed by atoms with E-state index in [1.807, 2.05) is 21.1 Å². The number of benzene rings is 1. The van der Waals surface area contributed by atoms with Crippen LogP contribution in [-0.2, 0) is 10.0 Å². The fourth-order valence-electron chi connectivity index (χ4n) is 1.25. The van der Waals surface area contributed by atoms with Crippen LogP contribution in [0.25, 0.3) is 0 Å². The Morgan fingerprint density at radius 1 is 1.18 bits per heavy atom. The fourth-order valence-corrected chi connectivity index (χ4v) is 2.27. The number of nitrogen functional groups attached to an aromatic ring is 1. The minimum absolute atomic E-state index is 0.244. The van der Waals surface area contributed by atoms with Crippen LogP contribution in [0.15, 0.2) is 29.2 Å². The van der Waals surface area contributed by atoms with E-state index < -0.39 is 10.0 Å². The largest absolute Gasteiger partial charge is 0.399 e. The van der Waals surface area contributed by atoms with E-state index in [1.165, 1.54) is 12.1 Å². The smallest absolute Gasteiger partial charge is 0.240 e. The highest BCUT2D eigenvalue weighted by molar-refractivity contribution is 7.89. The highest BCUT2D eigenvalue weighted by Gasteiger charge is 2.15. The van der Waals surface area contributed by atoms with Gasteiger partial charge in [-0.2, -0.15) is 0 Å². The first-order chi connectivity index (χ1) is 7.71. The van der Waals surface area contributed by atoms with Crippen LogP contribution < -0.4 is 10.5 Å². The number of nitrogens with zero attached hydrogens (tertiary/aromatic N) is 1. The maximum atomic E-state index is 11.9. The standard InChI is InChI=1S/C11H20N3O2S/c1-14(2,3)9-8-13-17(15,16)11-6-4-10(12)5-7-11/h4-7,13H,8-9,12H2,1-3H3/q+1. The topological polar surface area (TPSA) is 72.2 Å². The van der Waals surface area contributed by atoms with Gasteiger partial charge in [0.15, 0.2) is 0 Å². The molecule has 0 amide bonds. The Kier molecular flexibility index (Phi) is 4.13. The Morgan fingerprint density at radius 2 is 1.71 bits per heavy atom. The summed E-state index contributed by atoms with van der Waals surface area (Å²) in [7, 11) is 2.62. The number of quaternary nitrogens is 1. The molecule has 0 bridgehead atoms. The molecule has 0 aliphatic rings. The normalized spacial score (nSPS) is 12.6. The van der Waals surface area contributed by atoms with Crippen LogP contribution in [0.5, 0.6) is 0 Å². The van der Waals surface area contributed by atoms with E-state index in [0.29, 0.717) is 16.7 Å². The summed E-state index contributed by atoms with van der Waals surface area (Å²) in [6.45, 7) is 1.14. The maximum Gasteiger partial charge on any atom is 0.240 e. The average Bonchev–Trinajstić information content (AvgIpc) is 2.15. The van der Waals surface area contributed by atoms with E-state index in [9.17, 15) is 8.42 Å². The molecule has 1 aromatic rings. The number of hydrogen-bond donors (Lipinski definition) is 2. The zero-order chi connectivity index (χ0) is 13.1. The summed E-state index contributed by atoms with van der Waals surface area (Å²) in [4.78, 5) is 0.244. The van der Waals surface area contributed by atoms with Gasteiger partial charge in [0.1, 0.15) is 0 Å². The Hall–Kier alpha value is -1.11. The van der Waals surface area contributed by atoms with Crippen LogP contribution in [0.2, 0.25) is 0 Å². The monoisotopic (exact) mass is 258 g/mol. The lowest BCUT2D eigenvalue weighted by molar-refractivity contribution is -0.869. The molecule has 0 aromatic heterocycles. The number of anilines is 1. The van der Waals surface area contributed by atoms with Crippen molar-refractivity contribution in [2.75, 3.05) is 40.0 Å². The zero-order valence-corrected chi connectivity index (χ0v) is 11.3. The SMILES string of the molecule is C[N+](C)(C)CCNS(=O)(=O)c1ccc(N)cc1. The lowest BCUT2D eigenvalue weighted by Crippen LogP contribution is -2.41. The van der Waals surface area contributed by atoms with Crippen molar-refractivity contribution in [1.29, 1.82) is 0 Å². The molecule has 6 heteroatoms. The second-order valence-electron chi connectivity index (χ2n) is 4.98. The van der Waals surface area contributed by atoms with Crippen LogP contribution in [-0.4, -0.2) is 47.1 Å². The molecule has 0 aliphatic carbocycles. The third-order valence-electron chi connectivity index (χ3n) is 2.27. The first-order valence-electron chi connectivity index (χ1n) is 5.36. The highest BCUT2D eigenvalue weighted by Crippen LogP contribution is 2.11. The van der Waals surface area contributed by atoms with Gasteiger partial charge >= 0.3 is 0 Å². The molecule has 0 unspecified atom stereocenters. The van der Waals surface area contributed by atoms with Crippen molar-refractivity contribution in [2.24, 2.45) is 0 Å². The van der Waals surface area contributed by atoms with E-state index in [4.69, 9.17) is 5.73 Å². The summed E-state index contributed by atoms with van der Waals surface area (Å²) < 4.78 is 27.0. The summed E-state index contributed by atoms with van der Waals surface area (Å²) in [5.41, 5.74) is 6.06. The van der Waals surface area contributed by atoms with Crippen molar-refractivity contribution in [3.63, 3.8) is 0 Å². The van der Waals surface area contributed by atoms with Crippen molar-refractivity contribution in [3.05, 3.63) is 24.3 Å². The number of nitrogens with two attached hydrogens (primary N) is 1. The summed E-state index contributed by atoms with van der Waals surface area (Å²) in [6.07, 6.45) is 0. The summed E-state index contributed by atoms with van der Waals surface area (Å²) in [6, 6.07) is 6.16. The zero-order valence-electron chi connectivity index (χ0n) is 10.5. The van der Waals surface area contributed by atoms with Gasteiger partial charge in [0.2, 0.25) is 10.0 Å². The molecule has 1 rings (SSSR count). The van der Waals surface area contributed by atoms with Crippen molar-refractivity contribution in [3.8, 4) is 0 Å². The van der Waals surface area contributed by atoms with E-state index in [2.05, 4.69) is 4.72 Å². The molecule has 0 saturated carbocycles. The average molecular weight is 258 g/mol. The van der Waals surface area contributed by atoms with Gasteiger partial charge in [-0.05, 0) is 24.3 Å². The van der Waals surface area contributed by atoms with Crippen LogP contribution in [0.4, 0.5) is 5.69 Å². The first-order valence-corrected chi connectivity index (χ1v) is 6.85. The van der Waals surface area contributed by atoms with Crippen molar-refractivity contribution < 1.29 is 12.9 Å². The number of likely N-dealkylation sites (N-methyl/N-ethyl adjacent to an activating group) is 1. The molecule has 0 aliphatic heterocycles. The third kappa shape index (κ3) is 4.72. The molecule has 3 N–H and O–H groups in total. The van der Waals surface area contributed by atoms with Crippen LogP contribution in [0.3, 0.4) is 0 Å². The Labute approximate surface area is 103 Å². The van der Waals surface area contributed by atoms with Gasteiger partial charge in [0.25, 0.3) is 0 Å². The number of nitrogens with one attached hydrogen (secondary N) is 1. The number of hydrogen-bond acceptors (Lipinski definition) is 3. The number of rotatable bonds is 5. The quantitative estimate of drug-likeness (QED) is 0.587. The second kappa shape index (κ2) is 5.03. The lowest BCUT2D eigenvalue weighted by Gasteiger charge is -2.23. The van der Waals surface area contributed by atoms with E-state index >= 15 is 0 Å². The summed E-state index contributed by atoms with van der Waals surface area (Å²) >= 11 is 0. The minimum Gasteiger partial charge on any atom is -0.399 e. The van der Waals surface area contributed by atoms with Gasteiger partial charge in [0, 0.05) is 5.69 Å². The van der Waals surface area contributed by atoms with Crippen molar-refractivity contribution >= 4 is 15.7 Å². The molecule has 0 atom stereocenters. The van der Waals surface area contributed by atoms with Crippen molar-refractivity contribution in [1.82, 2.24) is 4.72 Å². The molecular formula is C11H20N3O2S+. The molecule has 0 spiro atoms. The minimum atomic E-state index is -3.42. The first kappa shape index (κ1) is 14.0. The lowest BCUT2D eigenvalue weighted by atomic mass is 10.3. The molecule has 17 heavy (non-hydrogen) atoms. The van der Waals surface area contributed by atoms with Gasteiger partial charge in [0.05, 0.1) is 39.1 Å².